The number of rotatable bonds is 7. The molecule has 1 aliphatic heterocycles. The van der Waals surface area contributed by atoms with Crippen LogP contribution in [0, 0.1) is 0 Å². The van der Waals surface area contributed by atoms with E-state index in [-0.39, 0.29) is 31.4 Å². The second kappa shape index (κ2) is 10.2. The van der Waals surface area contributed by atoms with Gasteiger partial charge in [-0.15, -0.1) is 0 Å². The van der Waals surface area contributed by atoms with Gasteiger partial charge in [-0.2, -0.15) is 12.7 Å². The first-order chi connectivity index (χ1) is 17.0. The Morgan fingerprint density at radius 3 is 2.61 bits per heavy atom. The summed E-state index contributed by atoms with van der Waals surface area (Å²) in [7, 11) is -0.850. The molecule has 11 nitrogen and oxygen atoms in total. The van der Waals surface area contributed by atoms with Crippen molar-refractivity contribution in [3.05, 3.63) is 52.4 Å². The van der Waals surface area contributed by atoms with Gasteiger partial charge in [0.2, 0.25) is 11.9 Å². The SMILES string of the molecule is CNC(=O)CC1(NC(=O)c2cc3c(Cl)c(Cl)ccc3n2C)CCCN(S(=O)(=O)Nc2ncccn2)C1. The van der Waals surface area contributed by atoms with Crippen LogP contribution < -0.4 is 15.4 Å². The highest BCUT2D eigenvalue weighted by atomic mass is 35.5. The molecule has 1 aliphatic rings. The monoisotopic (exact) mass is 553 g/mol. The predicted molar refractivity (Wildman–Crippen MR) is 137 cm³/mol. The number of hydrogen-bond acceptors (Lipinski definition) is 6. The van der Waals surface area contributed by atoms with Crippen LogP contribution in [0.4, 0.5) is 5.95 Å². The van der Waals surface area contributed by atoms with Crippen molar-refractivity contribution in [2.24, 2.45) is 7.05 Å². The summed E-state index contributed by atoms with van der Waals surface area (Å²) in [5.74, 6) is -0.876. The summed E-state index contributed by atoms with van der Waals surface area (Å²) in [6, 6.07) is 6.59. The van der Waals surface area contributed by atoms with Gasteiger partial charge in [-0.1, -0.05) is 23.2 Å². The van der Waals surface area contributed by atoms with Crippen molar-refractivity contribution in [3.63, 3.8) is 0 Å². The lowest BCUT2D eigenvalue weighted by Crippen LogP contribution is -2.61. The molecule has 14 heteroatoms. The Labute approximate surface area is 218 Å². The first-order valence-electron chi connectivity index (χ1n) is 11.1. The molecule has 1 aromatic carbocycles. The molecular weight excluding hydrogens is 529 g/mol. The van der Waals surface area contributed by atoms with Crippen LogP contribution in [0.15, 0.2) is 36.7 Å². The average Bonchev–Trinajstić information content (AvgIpc) is 3.19. The number of aromatic nitrogens is 3. The highest BCUT2D eigenvalue weighted by molar-refractivity contribution is 7.90. The molecule has 3 aromatic rings. The molecule has 3 heterocycles. The number of carbonyl (C=O) groups excluding carboxylic acids is 2. The Morgan fingerprint density at radius 1 is 1.19 bits per heavy atom. The van der Waals surface area contributed by atoms with Gasteiger partial charge in [0.1, 0.15) is 5.69 Å². The molecule has 36 heavy (non-hydrogen) atoms. The van der Waals surface area contributed by atoms with Crippen LogP contribution in [0.2, 0.25) is 10.0 Å². The zero-order chi connectivity index (χ0) is 26.1. The average molecular weight is 554 g/mol. The molecule has 0 spiro atoms. The van der Waals surface area contributed by atoms with E-state index in [0.29, 0.717) is 39.5 Å². The van der Waals surface area contributed by atoms with Gasteiger partial charge in [0.15, 0.2) is 0 Å². The van der Waals surface area contributed by atoms with Crippen LogP contribution in [0.5, 0.6) is 0 Å². The third kappa shape index (κ3) is 5.26. The van der Waals surface area contributed by atoms with E-state index in [2.05, 4.69) is 25.3 Å². The summed E-state index contributed by atoms with van der Waals surface area (Å²) >= 11 is 12.5. The van der Waals surface area contributed by atoms with E-state index >= 15 is 0 Å². The van der Waals surface area contributed by atoms with Gasteiger partial charge >= 0.3 is 10.2 Å². The number of amides is 2. The van der Waals surface area contributed by atoms with Crippen LogP contribution in [0.25, 0.3) is 10.9 Å². The van der Waals surface area contributed by atoms with Gasteiger partial charge in [-0.05, 0) is 37.1 Å². The van der Waals surface area contributed by atoms with E-state index in [1.807, 2.05) is 0 Å². The number of hydrogen-bond donors (Lipinski definition) is 3. The number of aryl methyl sites for hydroxylation is 1. The van der Waals surface area contributed by atoms with Gasteiger partial charge in [0, 0.05) is 50.5 Å². The largest absolute Gasteiger partial charge is 0.359 e. The van der Waals surface area contributed by atoms with Crippen LogP contribution >= 0.6 is 23.2 Å². The Morgan fingerprint density at radius 2 is 1.92 bits per heavy atom. The molecule has 1 saturated heterocycles. The molecule has 1 fully saturated rings. The zero-order valence-corrected chi connectivity index (χ0v) is 21.9. The van der Waals surface area contributed by atoms with E-state index in [1.54, 1.807) is 35.9 Å². The maximum Gasteiger partial charge on any atom is 0.304 e. The molecular formula is C22H25Cl2N7O4S. The molecule has 4 rings (SSSR count). The van der Waals surface area contributed by atoms with Crippen molar-refractivity contribution in [1.29, 1.82) is 0 Å². The van der Waals surface area contributed by atoms with Crippen LogP contribution in [-0.2, 0) is 22.1 Å². The van der Waals surface area contributed by atoms with Crippen molar-refractivity contribution in [2.45, 2.75) is 24.8 Å². The smallest absolute Gasteiger partial charge is 0.304 e. The summed E-state index contributed by atoms with van der Waals surface area (Å²) in [5, 5.41) is 6.81. The second-order valence-electron chi connectivity index (χ2n) is 8.58. The van der Waals surface area contributed by atoms with Gasteiger partial charge in [0.25, 0.3) is 5.91 Å². The Kier molecular flexibility index (Phi) is 7.41. The quantitative estimate of drug-likeness (QED) is 0.410. The van der Waals surface area contributed by atoms with Gasteiger partial charge < -0.3 is 15.2 Å². The van der Waals surface area contributed by atoms with Gasteiger partial charge in [0.05, 0.1) is 22.0 Å². The van der Waals surface area contributed by atoms with Gasteiger partial charge in [-0.25, -0.2) is 14.7 Å². The van der Waals surface area contributed by atoms with Crippen LogP contribution in [-0.4, -0.2) is 64.7 Å². The normalized spacial score (nSPS) is 18.7. The van der Waals surface area contributed by atoms with E-state index in [9.17, 15) is 18.0 Å². The molecule has 3 N–H and O–H groups in total. The highest BCUT2D eigenvalue weighted by Gasteiger charge is 2.43. The lowest BCUT2D eigenvalue weighted by molar-refractivity contribution is -0.122. The summed E-state index contributed by atoms with van der Waals surface area (Å²) in [5.41, 5.74) is -0.157. The molecule has 0 radical (unpaired) electrons. The minimum atomic E-state index is -4.05. The molecule has 0 saturated carbocycles. The minimum Gasteiger partial charge on any atom is -0.359 e. The number of nitrogens with zero attached hydrogens (tertiary/aromatic N) is 4. The first-order valence-corrected chi connectivity index (χ1v) is 13.3. The fourth-order valence-electron chi connectivity index (χ4n) is 4.38. The highest BCUT2D eigenvalue weighted by Crippen LogP contribution is 2.33. The van der Waals surface area contributed by atoms with Crippen molar-refractivity contribution in [2.75, 3.05) is 24.9 Å². The fraction of sp³-hybridized carbons (Fsp3) is 0.364. The molecule has 192 valence electrons. The van der Waals surface area contributed by atoms with Crippen molar-refractivity contribution in [3.8, 4) is 0 Å². The van der Waals surface area contributed by atoms with Gasteiger partial charge in [-0.3, -0.25) is 9.59 Å². The summed E-state index contributed by atoms with van der Waals surface area (Å²) in [6.45, 7) is 0.0839. The van der Waals surface area contributed by atoms with E-state index in [1.165, 1.54) is 23.7 Å². The number of halogens is 2. The maximum absolute atomic E-state index is 13.5. The topological polar surface area (TPSA) is 138 Å². The van der Waals surface area contributed by atoms with E-state index < -0.39 is 21.7 Å². The summed E-state index contributed by atoms with van der Waals surface area (Å²) < 4.78 is 31.4. The molecule has 1 atom stereocenters. The fourth-order valence-corrected chi connectivity index (χ4v) is 6.02. The van der Waals surface area contributed by atoms with Crippen LogP contribution in [0.1, 0.15) is 29.8 Å². The Bertz CT molecular complexity index is 1410. The first kappa shape index (κ1) is 26.1. The molecule has 1 unspecified atom stereocenters. The summed E-state index contributed by atoms with van der Waals surface area (Å²) in [4.78, 5) is 33.7. The lowest BCUT2D eigenvalue weighted by Gasteiger charge is -2.42. The zero-order valence-electron chi connectivity index (χ0n) is 19.6. The molecule has 2 aromatic heterocycles. The maximum atomic E-state index is 13.5. The number of benzene rings is 1. The number of nitrogens with one attached hydrogen (secondary N) is 3. The number of carbonyl (C=O) groups is 2. The number of fused-ring (bicyclic) bond motifs is 1. The molecule has 0 aliphatic carbocycles. The standard InChI is InChI=1S/C22H25Cl2N7O4S/c1-25-18(32)12-22(7-3-10-31(13-22)36(34,35)29-21-26-8-4-9-27-21)28-20(33)17-11-14-16(30(17)2)6-5-15(23)19(14)24/h4-6,8-9,11H,3,7,10,12-13H2,1-2H3,(H,25,32)(H,28,33)(H,26,27,29). The van der Waals surface area contributed by atoms with E-state index in [0.717, 1.165) is 0 Å². The second-order valence-corrected chi connectivity index (χ2v) is 11.0. The van der Waals surface area contributed by atoms with Crippen LogP contribution in [0.3, 0.4) is 0 Å². The number of piperidine rings is 1. The minimum absolute atomic E-state index is 0.0740. The van der Waals surface area contributed by atoms with Crippen molar-refractivity contribution in [1.82, 2.24) is 29.5 Å². The lowest BCUT2D eigenvalue weighted by atomic mass is 9.86. The predicted octanol–water partition coefficient (Wildman–Crippen LogP) is 2.33. The van der Waals surface area contributed by atoms with Crippen molar-refractivity contribution >= 4 is 62.1 Å². The van der Waals surface area contributed by atoms with Crippen molar-refractivity contribution < 1.29 is 18.0 Å². The third-order valence-corrected chi connectivity index (χ3v) is 8.42. The molecule has 0 bridgehead atoms. The van der Waals surface area contributed by atoms with E-state index in [4.69, 9.17) is 23.2 Å². The Balaban J connectivity index is 1.64. The number of anilines is 1. The Hall–Kier alpha value is -2.93. The third-order valence-electron chi connectivity index (χ3n) is 6.17. The summed E-state index contributed by atoms with van der Waals surface area (Å²) in [6.07, 6.45) is 3.54. The molecule has 2 amide bonds.